The van der Waals surface area contributed by atoms with Crippen LogP contribution in [0.1, 0.15) is 54.4 Å². The van der Waals surface area contributed by atoms with E-state index in [1.54, 1.807) is 32.0 Å². The van der Waals surface area contributed by atoms with E-state index in [1.807, 2.05) is 13.8 Å². The molecule has 0 aromatic carbocycles. The number of nitrogens with zero attached hydrogens (tertiary/aromatic N) is 1. The van der Waals surface area contributed by atoms with Crippen LogP contribution < -0.4 is 5.32 Å². The van der Waals surface area contributed by atoms with Gasteiger partial charge in [-0.3, -0.25) is 9.89 Å². The molecule has 1 unspecified atom stereocenters. The lowest BCUT2D eigenvalue weighted by atomic mass is 10.0. The number of nitrogens with one attached hydrogen (secondary N) is 2. The van der Waals surface area contributed by atoms with Gasteiger partial charge in [-0.1, -0.05) is 13.8 Å². The Morgan fingerprint density at radius 2 is 2.24 bits per heavy atom. The summed E-state index contributed by atoms with van der Waals surface area (Å²) < 4.78 is 5.40. The zero-order chi connectivity index (χ0) is 15.6. The molecule has 3 N–H and O–H groups in total. The molecule has 21 heavy (non-hydrogen) atoms. The highest BCUT2D eigenvalue weighted by molar-refractivity contribution is 5.92. The van der Waals surface area contributed by atoms with E-state index in [2.05, 4.69) is 15.5 Å². The summed E-state index contributed by atoms with van der Waals surface area (Å²) in [5.41, 5.74) is -0.0557. The van der Waals surface area contributed by atoms with Gasteiger partial charge in [0.25, 0.3) is 5.91 Å². The molecule has 1 amide bonds. The van der Waals surface area contributed by atoms with E-state index in [0.717, 1.165) is 5.69 Å². The molecular formula is C15H21N3O3. The number of aromatic amines is 1. The molecule has 0 aliphatic rings. The lowest BCUT2D eigenvalue weighted by Gasteiger charge is -2.20. The Morgan fingerprint density at radius 1 is 1.52 bits per heavy atom. The van der Waals surface area contributed by atoms with Gasteiger partial charge in [0.1, 0.15) is 22.8 Å². The first-order valence-electron chi connectivity index (χ1n) is 6.92. The molecule has 0 aliphatic carbocycles. The van der Waals surface area contributed by atoms with E-state index < -0.39 is 5.60 Å². The van der Waals surface area contributed by atoms with Crippen LogP contribution in [0, 0.1) is 6.92 Å². The summed E-state index contributed by atoms with van der Waals surface area (Å²) in [7, 11) is 0. The molecule has 0 bridgehead atoms. The molecule has 0 saturated carbocycles. The smallest absolute Gasteiger partial charge is 0.271 e. The highest BCUT2D eigenvalue weighted by Gasteiger charge is 2.28. The highest BCUT2D eigenvalue weighted by Crippen LogP contribution is 2.22. The summed E-state index contributed by atoms with van der Waals surface area (Å²) in [6, 6.07) is 5.19. The fourth-order valence-corrected chi connectivity index (χ4v) is 1.90. The number of hydrogen-bond donors (Lipinski definition) is 3. The molecule has 6 nitrogen and oxygen atoms in total. The summed E-state index contributed by atoms with van der Waals surface area (Å²) in [6.07, 6.45) is 0. The van der Waals surface area contributed by atoms with Crippen LogP contribution >= 0.6 is 0 Å². The lowest BCUT2D eigenvalue weighted by molar-refractivity contribution is 0.0322. The van der Waals surface area contributed by atoms with E-state index in [-0.39, 0.29) is 18.4 Å². The van der Waals surface area contributed by atoms with E-state index in [0.29, 0.717) is 17.2 Å². The fourth-order valence-electron chi connectivity index (χ4n) is 1.90. The maximum Gasteiger partial charge on any atom is 0.271 e. The number of amides is 1. The molecule has 2 aromatic heterocycles. The van der Waals surface area contributed by atoms with Gasteiger partial charge in [0.2, 0.25) is 0 Å². The van der Waals surface area contributed by atoms with Crippen molar-refractivity contribution in [3.8, 4) is 0 Å². The number of hydrogen-bond acceptors (Lipinski definition) is 4. The molecule has 2 rings (SSSR count). The van der Waals surface area contributed by atoms with Crippen LogP contribution in [0.2, 0.25) is 0 Å². The van der Waals surface area contributed by atoms with Crippen molar-refractivity contribution >= 4 is 5.91 Å². The summed E-state index contributed by atoms with van der Waals surface area (Å²) in [6.45, 7) is 7.46. The second kappa shape index (κ2) is 5.73. The minimum atomic E-state index is -1.26. The number of carbonyl (C=O) groups excluding carboxylic acids is 1. The molecule has 0 aliphatic heterocycles. The van der Waals surface area contributed by atoms with Crippen molar-refractivity contribution in [1.29, 1.82) is 0 Å². The van der Waals surface area contributed by atoms with Gasteiger partial charge in [0.05, 0.1) is 6.54 Å². The Morgan fingerprint density at radius 3 is 2.76 bits per heavy atom. The average molecular weight is 291 g/mol. The Hall–Kier alpha value is -2.08. The number of carbonyl (C=O) groups is 1. The van der Waals surface area contributed by atoms with Crippen molar-refractivity contribution in [2.75, 3.05) is 6.54 Å². The van der Waals surface area contributed by atoms with E-state index >= 15 is 0 Å². The number of H-pyrrole nitrogens is 1. The minimum absolute atomic E-state index is 0.0443. The zero-order valence-electron chi connectivity index (χ0n) is 12.7. The van der Waals surface area contributed by atoms with Crippen LogP contribution in [0.3, 0.4) is 0 Å². The van der Waals surface area contributed by atoms with Crippen molar-refractivity contribution in [3.05, 3.63) is 41.1 Å². The number of rotatable bonds is 5. The second-order valence-electron chi connectivity index (χ2n) is 5.73. The average Bonchev–Trinajstić information content (AvgIpc) is 3.04. The molecule has 1 atom stereocenters. The molecule has 0 spiro atoms. The third kappa shape index (κ3) is 3.52. The Bertz CT molecular complexity index is 626. The highest BCUT2D eigenvalue weighted by atomic mass is 16.4. The van der Waals surface area contributed by atoms with E-state index in [9.17, 15) is 9.90 Å². The van der Waals surface area contributed by atoms with Gasteiger partial charge in [-0.05, 0) is 38.0 Å². The van der Waals surface area contributed by atoms with Crippen LogP contribution in [0.5, 0.6) is 0 Å². The maximum absolute atomic E-state index is 12.0. The van der Waals surface area contributed by atoms with Crippen LogP contribution in [-0.2, 0) is 5.60 Å². The molecule has 6 heteroatoms. The quantitative estimate of drug-likeness (QED) is 0.786. The molecule has 0 fully saturated rings. The Kier molecular flexibility index (Phi) is 4.18. The Balaban J connectivity index is 1.99. The van der Waals surface area contributed by atoms with Crippen LogP contribution in [-0.4, -0.2) is 27.8 Å². The van der Waals surface area contributed by atoms with Gasteiger partial charge in [0, 0.05) is 5.69 Å². The predicted molar refractivity (Wildman–Crippen MR) is 78.0 cm³/mol. The lowest BCUT2D eigenvalue weighted by Crippen LogP contribution is -2.38. The summed E-state index contributed by atoms with van der Waals surface area (Å²) in [4.78, 5) is 12.0. The van der Waals surface area contributed by atoms with Crippen molar-refractivity contribution < 1.29 is 14.3 Å². The van der Waals surface area contributed by atoms with Gasteiger partial charge in [-0.15, -0.1) is 0 Å². The number of furan rings is 1. The van der Waals surface area contributed by atoms with Crippen LogP contribution in [0.15, 0.2) is 22.6 Å². The summed E-state index contributed by atoms with van der Waals surface area (Å²) in [5.74, 6) is 1.07. The first-order chi connectivity index (χ1) is 9.79. The number of aromatic nitrogens is 2. The zero-order valence-corrected chi connectivity index (χ0v) is 12.7. The molecule has 2 heterocycles. The molecule has 0 radical (unpaired) electrons. The van der Waals surface area contributed by atoms with Gasteiger partial charge < -0.3 is 14.8 Å². The molecule has 0 saturated heterocycles. The van der Waals surface area contributed by atoms with Gasteiger partial charge in [-0.25, -0.2) is 0 Å². The number of aliphatic hydroxyl groups is 1. The summed E-state index contributed by atoms with van der Waals surface area (Å²) in [5, 5.41) is 19.8. The predicted octanol–water partition coefficient (Wildman–Crippen LogP) is 2.07. The van der Waals surface area contributed by atoms with Crippen LogP contribution in [0.25, 0.3) is 0 Å². The fraction of sp³-hybridized carbons (Fsp3) is 0.467. The number of aryl methyl sites for hydroxylation is 1. The Labute approximate surface area is 123 Å². The minimum Gasteiger partial charge on any atom is -0.463 e. The third-order valence-corrected chi connectivity index (χ3v) is 3.32. The SMILES string of the molecule is Cc1ccc(C(C)(O)CNC(=O)c2cc(C(C)C)[nH]n2)o1. The van der Waals surface area contributed by atoms with E-state index in [1.165, 1.54) is 0 Å². The third-order valence-electron chi connectivity index (χ3n) is 3.32. The molecular weight excluding hydrogens is 270 g/mol. The van der Waals surface area contributed by atoms with E-state index in [4.69, 9.17) is 4.42 Å². The standard InChI is InChI=1S/C15H21N3O3/c1-9(2)11-7-12(18-17-11)14(19)16-8-15(4,20)13-6-5-10(3)21-13/h5-7,9,20H,8H2,1-4H3,(H,16,19)(H,17,18). The molecule has 114 valence electrons. The largest absolute Gasteiger partial charge is 0.463 e. The van der Waals surface area contributed by atoms with Crippen molar-refractivity contribution in [2.45, 2.75) is 39.2 Å². The van der Waals surface area contributed by atoms with Gasteiger partial charge in [-0.2, -0.15) is 5.10 Å². The maximum atomic E-state index is 12.0. The van der Waals surface area contributed by atoms with Crippen molar-refractivity contribution in [3.63, 3.8) is 0 Å². The van der Waals surface area contributed by atoms with Crippen LogP contribution in [0.4, 0.5) is 0 Å². The van der Waals surface area contributed by atoms with Crippen molar-refractivity contribution in [2.24, 2.45) is 0 Å². The van der Waals surface area contributed by atoms with Crippen molar-refractivity contribution in [1.82, 2.24) is 15.5 Å². The summed E-state index contributed by atoms with van der Waals surface area (Å²) >= 11 is 0. The topological polar surface area (TPSA) is 91.2 Å². The van der Waals surface area contributed by atoms with Gasteiger partial charge >= 0.3 is 0 Å². The van der Waals surface area contributed by atoms with Gasteiger partial charge in [0.15, 0.2) is 0 Å². The second-order valence-corrected chi connectivity index (χ2v) is 5.73. The molecule has 2 aromatic rings. The monoisotopic (exact) mass is 291 g/mol. The normalized spacial score (nSPS) is 14.2. The first-order valence-corrected chi connectivity index (χ1v) is 6.92. The first kappa shape index (κ1) is 15.3.